The highest BCUT2D eigenvalue weighted by Crippen LogP contribution is 2.40. The molecule has 2 aliphatic heterocycles. The molecular weight excluding hydrogens is 375 g/mol. The molecule has 4 nitrogen and oxygen atoms in total. The minimum atomic E-state index is 0.338. The molecular formula is C16H23IN4. The molecule has 0 aliphatic carbocycles. The van der Waals surface area contributed by atoms with Crippen LogP contribution in [0.2, 0.25) is 0 Å². The van der Waals surface area contributed by atoms with E-state index in [1.807, 2.05) is 0 Å². The number of aromatic nitrogens is 1. The van der Waals surface area contributed by atoms with E-state index >= 15 is 0 Å². The SMILES string of the molecule is C=C1[C@H]2CN(C(C)C)CCN2c2nc(I)c(C)cc2N1C. The Hall–Kier alpha value is -0.820. The van der Waals surface area contributed by atoms with Crippen LogP contribution in [0.3, 0.4) is 0 Å². The predicted octanol–water partition coefficient (Wildman–Crippen LogP) is 2.86. The molecule has 1 aromatic rings. The first-order valence-corrected chi connectivity index (χ1v) is 8.58. The Labute approximate surface area is 141 Å². The summed E-state index contributed by atoms with van der Waals surface area (Å²) in [7, 11) is 2.11. The number of pyridine rings is 1. The lowest BCUT2D eigenvalue weighted by molar-refractivity contribution is 0.187. The minimum Gasteiger partial charge on any atom is -0.344 e. The fourth-order valence-corrected chi connectivity index (χ4v) is 3.60. The van der Waals surface area contributed by atoms with Crippen LogP contribution >= 0.6 is 22.6 Å². The van der Waals surface area contributed by atoms with Gasteiger partial charge in [0.25, 0.3) is 0 Å². The molecule has 0 aromatic carbocycles. The Balaban J connectivity index is 2.02. The van der Waals surface area contributed by atoms with Gasteiger partial charge in [-0.1, -0.05) is 6.58 Å². The van der Waals surface area contributed by atoms with Crippen LogP contribution in [-0.2, 0) is 0 Å². The van der Waals surface area contributed by atoms with Crippen molar-refractivity contribution in [2.45, 2.75) is 32.9 Å². The molecule has 1 aromatic heterocycles. The van der Waals surface area contributed by atoms with Crippen LogP contribution in [0.4, 0.5) is 11.5 Å². The molecule has 0 amide bonds. The van der Waals surface area contributed by atoms with Gasteiger partial charge in [0.1, 0.15) is 3.70 Å². The van der Waals surface area contributed by atoms with Crippen LogP contribution in [0.25, 0.3) is 0 Å². The summed E-state index contributed by atoms with van der Waals surface area (Å²) in [5.74, 6) is 1.12. The van der Waals surface area contributed by atoms with Gasteiger partial charge in [-0.15, -0.1) is 0 Å². The molecule has 3 rings (SSSR count). The topological polar surface area (TPSA) is 22.6 Å². The number of rotatable bonds is 1. The van der Waals surface area contributed by atoms with E-state index in [-0.39, 0.29) is 0 Å². The van der Waals surface area contributed by atoms with Gasteiger partial charge in [-0.3, -0.25) is 4.90 Å². The molecule has 5 heteroatoms. The van der Waals surface area contributed by atoms with E-state index in [4.69, 9.17) is 4.98 Å². The standard InChI is InChI=1S/C16H23IN4/c1-10(2)20-6-7-21-14(9-20)12(4)19(5)13-8-11(3)15(17)18-16(13)21/h8,10,14H,4,6-7,9H2,1-3,5H3/t14-/m1/s1. The number of anilines is 2. The van der Waals surface area contributed by atoms with E-state index in [2.05, 4.69) is 77.8 Å². The molecule has 0 saturated carbocycles. The average Bonchev–Trinajstić information content (AvgIpc) is 2.46. The van der Waals surface area contributed by atoms with Crippen molar-refractivity contribution in [3.8, 4) is 0 Å². The van der Waals surface area contributed by atoms with Crippen LogP contribution in [0.1, 0.15) is 19.4 Å². The normalized spacial score (nSPS) is 22.6. The van der Waals surface area contributed by atoms with Gasteiger partial charge < -0.3 is 9.80 Å². The quantitative estimate of drug-likeness (QED) is 0.536. The zero-order valence-electron chi connectivity index (χ0n) is 13.2. The lowest BCUT2D eigenvalue weighted by atomic mass is 10.0. The Morgan fingerprint density at radius 2 is 2.10 bits per heavy atom. The highest BCUT2D eigenvalue weighted by Gasteiger charge is 2.38. The predicted molar refractivity (Wildman–Crippen MR) is 97.1 cm³/mol. The number of nitrogens with zero attached hydrogens (tertiary/aromatic N) is 4. The van der Waals surface area contributed by atoms with Gasteiger partial charge >= 0.3 is 0 Å². The van der Waals surface area contributed by atoms with Crippen LogP contribution in [0.15, 0.2) is 18.3 Å². The van der Waals surface area contributed by atoms with Crippen LogP contribution in [-0.4, -0.2) is 48.6 Å². The molecule has 1 atom stereocenters. The Bertz CT molecular complexity index is 584. The summed E-state index contributed by atoms with van der Waals surface area (Å²) in [5, 5.41) is 0. The number of likely N-dealkylation sites (N-methyl/N-ethyl adjacent to an activating group) is 1. The van der Waals surface area contributed by atoms with Crippen molar-refractivity contribution in [3.63, 3.8) is 0 Å². The zero-order chi connectivity index (χ0) is 15.3. The van der Waals surface area contributed by atoms with E-state index in [0.29, 0.717) is 12.1 Å². The van der Waals surface area contributed by atoms with Crippen molar-refractivity contribution in [1.82, 2.24) is 9.88 Å². The van der Waals surface area contributed by atoms with Crippen LogP contribution < -0.4 is 9.80 Å². The average molecular weight is 398 g/mol. The van der Waals surface area contributed by atoms with Gasteiger partial charge in [0.15, 0.2) is 5.82 Å². The van der Waals surface area contributed by atoms with E-state index in [1.165, 1.54) is 16.9 Å². The van der Waals surface area contributed by atoms with Crippen LogP contribution in [0.5, 0.6) is 0 Å². The molecule has 2 aliphatic rings. The first kappa shape index (κ1) is 15.1. The lowest BCUT2D eigenvalue weighted by Crippen LogP contribution is -2.59. The molecule has 1 fully saturated rings. The molecule has 1 saturated heterocycles. The molecule has 0 unspecified atom stereocenters. The maximum absolute atomic E-state index is 4.86. The Kier molecular flexibility index (Phi) is 3.90. The van der Waals surface area contributed by atoms with Crippen LogP contribution in [0, 0.1) is 10.6 Å². The van der Waals surface area contributed by atoms with Crippen molar-refractivity contribution in [2.24, 2.45) is 0 Å². The second-order valence-corrected chi connectivity index (χ2v) is 7.31. The van der Waals surface area contributed by atoms with Gasteiger partial charge in [0, 0.05) is 38.4 Å². The summed E-state index contributed by atoms with van der Waals surface area (Å²) < 4.78 is 1.09. The molecule has 0 radical (unpaired) electrons. The molecule has 21 heavy (non-hydrogen) atoms. The number of halogens is 1. The number of hydrogen-bond acceptors (Lipinski definition) is 4. The van der Waals surface area contributed by atoms with Gasteiger partial charge in [0.2, 0.25) is 0 Å². The van der Waals surface area contributed by atoms with Crippen molar-refractivity contribution >= 4 is 34.1 Å². The highest BCUT2D eigenvalue weighted by atomic mass is 127. The number of aryl methyl sites for hydroxylation is 1. The summed E-state index contributed by atoms with van der Waals surface area (Å²) in [6.07, 6.45) is 0. The Morgan fingerprint density at radius 1 is 1.38 bits per heavy atom. The molecule has 114 valence electrons. The van der Waals surface area contributed by atoms with Crippen molar-refractivity contribution < 1.29 is 0 Å². The largest absolute Gasteiger partial charge is 0.344 e. The third-order valence-electron chi connectivity index (χ3n) is 4.70. The van der Waals surface area contributed by atoms with Gasteiger partial charge in [-0.25, -0.2) is 4.98 Å². The summed E-state index contributed by atoms with van der Waals surface area (Å²) >= 11 is 2.33. The van der Waals surface area contributed by atoms with E-state index in [1.54, 1.807) is 0 Å². The lowest BCUT2D eigenvalue weighted by Gasteiger charge is -2.50. The van der Waals surface area contributed by atoms with E-state index < -0.39 is 0 Å². The third kappa shape index (κ3) is 2.44. The summed E-state index contributed by atoms with van der Waals surface area (Å²) in [4.78, 5) is 12.1. The van der Waals surface area contributed by atoms with Gasteiger partial charge in [0.05, 0.1) is 11.7 Å². The van der Waals surface area contributed by atoms with Crippen molar-refractivity contribution in [3.05, 3.63) is 27.6 Å². The fraction of sp³-hybridized carbons (Fsp3) is 0.562. The van der Waals surface area contributed by atoms with Crippen molar-refractivity contribution in [2.75, 3.05) is 36.5 Å². The maximum atomic E-state index is 4.86. The zero-order valence-corrected chi connectivity index (χ0v) is 15.4. The molecule has 0 spiro atoms. The first-order chi connectivity index (χ1) is 9.90. The van der Waals surface area contributed by atoms with Crippen molar-refractivity contribution in [1.29, 1.82) is 0 Å². The smallest absolute Gasteiger partial charge is 0.154 e. The Morgan fingerprint density at radius 3 is 2.76 bits per heavy atom. The molecule has 0 bridgehead atoms. The monoisotopic (exact) mass is 398 g/mol. The number of piperazine rings is 1. The third-order valence-corrected chi connectivity index (χ3v) is 5.79. The highest BCUT2D eigenvalue weighted by molar-refractivity contribution is 14.1. The number of fused-ring (bicyclic) bond motifs is 3. The van der Waals surface area contributed by atoms with Gasteiger partial charge in [-0.2, -0.15) is 0 Å². The molecule has 0 N–H and O–H groups in total. The molecule has 3 heterocycles. The van der Waals surface area contributed by atoms with E-state index in [0.717, 1.165) is 29.2 Å². The number of hydrogen-bond donors (Lipinski definition) is 0. The minimum absolute atomic E-state index is 0.338. The summed E-state index contributed by atoms with van der Waals surface area (Å²) in [6, 6.07) is 3.16. The maximum Gasteiger partial charge on any atom is 0.154 e. The van der Waals surface area contributed by atoms with Gasteiger partial charge in [-0.05, 0) is 55.0 Å². The fourth-order valence-electron chi connectivity index (χ4n) is 3.22. The second-order valence-electron chi connectivity index (χ2n) is 6.29. The van der Waals surface area contributed by atoms with E-state index in [9.17, 15) is 0 Å². The summed E-state index contributed by atoms with van der Waals surface area (Å²) in [5.41, 5.74) is 3.59. The first-order valence-electron chi connectivity index (χ1n) is 7.50. The second kappa shape index (κ2) is 5.43. The summed E-state index contributed by atoms with van der Waals surface area (Å²) in [6.45, 7) is 14.2.